The number of aryl methyl sites for hydroxylation is 2. The predicted molar refractivity (Wildman–Crippen MR) is 101 cm³/mol. The molecule has 2 aromatic carbocycles. The van der Waals surface area contributed by atoms with Crippen molar-refractivity contribution in [2.75, 3.05) is 0 Å². The molecule has 0 radical (unpaired) electrons. The summed E-state index contributed by atoms with van der Waals surface area (Å²) >= 11 is 0. The summed E-state index contributed by atoms with van der Waals surface area (Å²) in [4.78, 5) is 34.6. The topological polar surface area (TPSA) is 69.8 Å². The van der Waals surface area contributed by atoms with E-state index in [9.17, 15) is 9.59 Å². The second-order valence-corrected chi connectivity index (χ2v) is 6.27. The van der Waals surface area contributed by atoms with Crippen LogP contribution in [0.3, 0.4) is 0 Å². The molecular formula is C20H18N4O2. The lowest BCUT2D eigenvalue weighted by molar-refractivity contribution is 0.526. The van der Waals surface area contributed by atoms with E-state index in [4.69, 9.17) is 0 Å². The summed E-state index contributed by atoms with van der Waals surface area (Å²) < 4.78 is 3.23. The van der Waals surface area contributed by atoms with E-state index < -0.39 is 0 Å². The second-order valence-electron chi connectivity index (χ2n) is 6.27. The maximum absolute atomic E-state index is 12.8. The van der Waals surface area contributed by atoms with Crippen LogP contribution in [0.1, 0.15) is 11.6 Å². The van der Waals surface area contributed by atoms with Crippen LogP contribution in [0.15, 0.2) is 58.1 Å². The maximum atomic E-state index is 12.8. The Labute approximate surface area is 149 Å². The average molecular weight is 346 g/mol. The Morgan fingerprint density at radius 3 is 1.50 bits per heavy atom. The van der Waals surface area contributed by atoms with E-state index in [2.05, 4.69) is 9.97 Å². The zero-order chi connectivity index (χ0) is 18.3. The SMILES string of the molecule is Cc1nc2ccccc2c(=O)n1CCn1c(C)nc2ccccc2c1=O. The van der Waals surface area contributed by atoms with E-state index >= 15 is 0 Å². The van der Waals surface area contributed by atoms with Crippen LogP contribution in [-0.2, 0) is 13.1 Å². The zero-order valence-corrected chi connectivity index (χ0v) is 14.6. The van der Waals surface area contributed by atoms with Gasteiger partial charge < -0.3 is 0 Å². The van der Waals surface area contributed by atoms with Gasteiger partial charge in [-0.25, -0.2) is 9.97 Å². The Morgan fingerprint density at radius 1 is 0.692 bits per heavy atom. The normalized spacial score (nSPS) is 11.3. The van der Waals surface area contributed by atoms with Crippen molar-refractivity contribution in [3.8, 4) is 0 Å². The van der Waals surface area contributed by atoms with E-state index in [1.54, 1.807) is 21.3 Å². The molecular weight excluding hydrogens is 328 g/mol. The number of benzene rings is 2. The van der Waals surface area contributed by atoms with Gasteiger partial charge in [-0.1, -0.05) is 24.3 Å². The molecule has 0 aliphatic carbocycles. The number of fused-ring (bicyclic) bond motifs is 2. The monoisotopic (exact) mass is 346 g/mol. The first kappa shape index (κ1) is 16.2. The minimum atomic E-state index is -0.0902. The quantitative estimate of drug-likeness (QED) is 0.571. The van der Waals surface area contributed by atoms with Gasteiger partial charge in [-0.3, -0.25) is 18.7 Å². The lowest BCUT2D eigenvalue weighted by atomic mass is 10.2. The van der Waals surface area contributed by atoms with Crippen LogP contribution < -0.4 is 11.1 Å². The van der Waals surface area contributed by atoms with Crippen molar-refractivity contribution >= 4 is 21.8 Å². The Hall–Kier alpha value is -3.28. The Kier molecular flexibility index (Phi) is 3.88. The third-order valence-corrected chi connectivity index (χ3v) is 4.65. The first-order chi connectivity index (χ1) is 12.6. The van der Waals surface area contributed by atoms with E-state index in [1.807, 2.05) is 50.2 Å². The molecule has 0 aliphatic rings. The molecule has 0 N–H and O–H groups in total. The van der Waals surface area contributed by atoms with Crippen molar-refractivity contribution in [3.63, 3.8) is 0 Å². The fourth-order valence-electron chi connectivity index (χ4n) is 3.28. The second kappa shape index (κ2) is 6.22. The molecule has 0 amide bonds. The van der Waals surface area contributed by atoms with Crippen molar-refractivity contribution in [1.29, 1.82) is 0 Å². The van der Waals surface area contributed by atoms with Gasteiger partial charge in [0.25, 0.3) is 11.1 Å². The summed E-state index contributed by atoms with van der Waals surface area (Å²) in [5, 5.41) is 1.16. The lowest BCUT2D eigenvalue weighted by Crippen LogP contribution is -2.30. The van der Waals surface area contributed by atoms with E-state index in [1.165, 1.54) is 0 Å². The van der Waals surface area contributed by atoms with E-state index in [-0.39, 0.29) is 11.1 Å². The molecule has 0 aliphatic heterocycles. The number of hydrogen-bond acceptors (Lipinski definition) is 4. The summed E-state index contributed by atoms with van der Waals surface area (Å²) in [6.45, 7) is 4.34. The molecule has 130 valence electrons. The Morgan fingerprint density at radius 2 is 1.08 bits per heavy atom. The number of aromatic nitrogens is 4. The van der Waals surface area contributed by atoms with Crippen molar-refractivity contribution in [2.45, 2.75) is 26.9 Å². The maximum Gasteiger partial charge on any atom is 0.261 e. The average Bonchev–Trinajstić information content (AvgIpc) is 2.64. The smallest absolute Gasteiger partial charge is 0.261 e. The summed E-state index contributed by atoms with van der Waals surface area (Å²) in [6, 6.07) is 14.6. The first-order valence-corrected chi connectivity index (χ1v) is 8.48. The van der Waals surface area contributed by atoms with Crippen molar-refractivity contribution in [3.05, 3.63) is 80.9 Å². The third kappa shape index (κ3) is 2.60. The molecule has 2 heterocycles. The highest BCUT2D eigenvalue weighted by atomic mass is 16.1. The molecule has 4 rings (SSSR count). The van der Waals surface area contributed by atoms with Crippen molar-refractivity contribution < 1.29 is 0 Å². The number of rotatable bonds is 3. The van der Waals surface area contributed by atoms with Crippen LogP contribution in [0, 0.1) is 13.8 Å². The molecule has 0 saturated carbocycles. The minimum Gasteiger partial charge on any atom is -0.295 e. The van der Waals surface area contributed by atoms with Gasteiger partial charge in [-0.2, -0.15) is 0 Å². The van der Waals surface area contributed by atoms with E-state index in [0.29, 0.717) is 46.5 Å². The molecule has 0 atom stereocenters. The highest BCUT2D eigenvalue weighted by Gasteiger charge is 2.11. The summed E-state index contributed by atoms with van der Waals surface area (Å²) in [5.74, 6) is 1.27. The van der Waals surface area contributed by atoms with Crippen LogP contribution in [0.2, 0.25) is 0 Å². The van der Waals surface area contributed by atoms with Crippen LogP contribution in [-0.4, -0.2) is 19.1 Å². The molecule has 4 aromatic rings. The largest absolute Gasteiger partial charge is 0.295 e. The summed E-state index contributed by atoms with van der Waals surface area (Å²) in [7, 11) is 0. The number of nitrogens with zero attached hydrogens (tertiary/aromatic N) is 4. The molecule has 0 spiro atoms. The molecule has 6 heteroatoms. The summed E-state index contributed by atoms with van der Waals surface area (Å²) in [5.41, 5.74) is 1.19. The molecule has 26 heavy (non-hydrogen) atoms. The predicted octanol–water partition coefficient (Wildman–Crippen LogP) is 2.42. The molecule has 0 unspecified atom stereocenters. The van der Waals surface area contributed by atoms with Crippen molar-refractivity contribution in [1.82, 2.24) is 19.1 Å². The third-order valence-electron chi connectivity index (χ3n) is 4.65. The van der Waals surface area contributed by atoms with Gasteiger partial charge in [0.15, 0.2) is 0 Å². The van der Waals surface area contributed by atoms with Gasteiger partial charge in [-0.15, -0.1) is 0 Å². The number of hydrogen-bond donors (Lipinski definition) is 0. The lowest BCUT2D eigenvalue weighted by Gasteiger charge is -2.14. The van der Waals surface area contributed by atoms with Crippen LogP contribution in [0.25, 0.3) is 21.8 Å². The Bertz CT molecular complexity index is 1160. The molecule has 0 saturated heterocycles. The van der Waals surface area contributed by atoms with Gasteiger partial charge in [0.05, 0.1) is 21.8 Å². The standard InChI is InChI=1S/C20H18N4O2/c1-13-21-17-9-5-3-7-15(17)19(25)23(13)11-12-24-14(2)22-18-10-6-4-8-16(18)20(24)26/h3-10H,11-12H2,1-2H3. The molecule has 0 bridgehead atoms. The molecule has 0 fully saturated rings. The van der Waals surface area contributed by atoms with Gasteiger partial charge in [0, 0.05) is 13.1 Å². The van der Waals surface area contributed by atoms with Crippen LogP contribution in [0.5, 0.6) is 0 Å². The van der Waals surface area contributed by atoms with Crippen LogP contribution in [0.4, 0.5) is 0 Å². The van der Waals surface area contributed by atoms with Gasteiger partial charge >= 0.3 is 0 Å². The fourth-order valence-corrected chi connectivity index (χ4v) is 3.28. The Balaban J connectivity index is 1.77. The number of para-hydroxylation sites is 2. The van der Waals surface area contributed by atoms with Crippen LogP contribution >= 0.6 is 0 Å². The summed E-state index contributed by atoms with van der Waals surface area (Å²) in [6.07, 6.45) is 0. The van der Waals surface area contributed by atoms with Crippen molar-refractivity contribution in [2.24, 2.45) is 0 Å². The highest BCUT2D eigenvalue weighted by molar-refractivity contribution is 5.78. The van der Waals surface area contributed by atoms with Gasteiger partial charge in [0.1, 0.15) is 11.6 Å². The van der Waals surface area contributed by atoms with Gasteiger partial charge in [-0.05, 0) is 38.1 Å². The highest BCUT2D eigenvalue weighted by Crippen LogP contribution is 2.09. The molecule has 6 nitrogen and oxygen atoms in total. The fraction of sp³-hybridized carbons (Fsp3) is 0.200. The van der Waals surface area contributed by atoms with Gasteiger partial charge in [0.2, 0.25) is 0 Å². The zero-order valence-electron chi connectivity index (χ0n) is 14.6. The minimum absolute atomic E-state index is 0.0902. The first-order valence-electron chi connectivity index (χ1n) is 8.48. The van der Waals surface area contributed by atoms with E-state index in [0.717, 1.165) is 0 Å². The molecule has 2 aromatic heterocycles.